The lowest BCUT2D eigenvalue weighted by Gasteiger charge is -2.05. The summed E-state index contributed by atoms with van der Waals surface area (Å²) in [6, 6.07) is 0. The summed E-state index contributed by atoms with van der Waals surface area (Å²) < 4.78 is 0. The topological polar surface area (TPSA) is 12.0 Å². The normalized spacial score (nSPS) is 17.7. The second-order valence-electron chi connectivity index (χ2n) is 3.15. The standard InChI is InChI=1S/C12H17N/c1-3-11(2)9-10-13-12-7-5-4-6-8-12/h3,5,7-10,13H,4,6H2,1-2H3/b10-9+,11-3-. The molecule has 0 aromatic carbocycles. The average Bonchev–Trinajstić information content (AvgIpc) is 2.19. The lowest BCUT2D eigenvalue weighted by Crippen LogP contribution is -2.03. The molecule has 1 N–H and O–H groups in total. The van der Waals surface area contributed by atoms with Gasteiger partial charge in [0.2, 0.25) is 0 Å². The quantitative estimate of drug-likeness (QED) is 0.649. The van der Waals surface area contributed by atoms with Gasteiger partial charge in [0.1, 0.15) is 0 Å². The molecular weight excluding hydrogens is 158 g/mol. The van der Waals surface area contributed by atoms with Crippen LogP contribution in [-0.2, 0) is 0 Å². The van der Waals surface area contributed by atoms with Crippen LogP contribution >= 0.6 is 0 Å². The molecule has 0 radical (unpaired) electrons. The summed E-state index contributed by atoms with van der Waals surface area (Å²) >= 11 is 0. The summed E-state index contributed by atoms with van der Waals surface area (Å²) in [4.78, 5) is 0. The Hall–Kier alpha value is -1.24. The molecule has 0 bridgehead atoms. The predicted molar refractivity (Wildman–Crippen MR) is 58.2 cm³/mol. The highest BCUT2D eigenvalue weighted by Crippen LogP contribution is 2.06. The zero-order chi connectivity index (χ0) is 9.52. The van der Waals surface area contributed by atoms with Crippen LogP contribution < -0.4 is 5.32 Å². The molecule has 0 heterocycles. The Labute approximate surface area is 80.5 Å². The van der Waals surface area contributed by atoms with E-state index >= 15 is 0 Å². The maximum atomic E-state index is 3.24. The van der Waals surface area contributed by atoms with E-state index in [1.165, 1.54) is 17.7 Å². The van der Waals surface area contributed by atoms with Crippen LogP contribution in [0.1, 0.15) is 26.7 Å². The van der Waals surface area contributed by atoms with Crippen molar-refractivity contribution in [1.29, 1.82) is 0 Å². The summed E-state index contributed by atoms with van der Waals surface area (Å²) in [6.45, 7) is 4.13. The van der Waals surface area contributed by atoms with E-state index in [1.807, 2.05) is 13.1 Å². The fraction of sp³-hybridized carbons (Fsp3) is 0.333. The highest BCUT2D eigenvalue weighted by Gasteiger charge is 1.92. The van der Waals surface area contributed by atoms with Gasteiger partial charge in [0.05, 0.1) is 0 Å². The Morgan fingerprint density at radius 1 is 1.46 bits per heavy atom. The van der Waals surface area contributed by atoms with Crippen LogP contribution in [0.2, 0.25) is 0 Å². The Morgan fingerprint density at radius 3 is 2.92 bits per heavy atom. The van der Waals surface area contributed by atoms with Gasteiger partial charge in [-0.05, 0) is 38.8 Å². The molecule has 0 aromatic rings. The SMILES string of the molecule is C/C=C(C)\C=C\NC1=CCCC=C1. The fourth-order valence-electron chi connectivity index (χ4n) is 1.09. The van der Waals surface area contributed by atoms with Crippen molar-refractivity contribution < 1.29 is 0 Å². The maximum Gasteiger partial charge on any atom is 0.0336 e. The Bertz CT molecular complexity index is 267. The lowest BCUT2D eigenvalue weighted by atomic mass is 10.1. The lowest BCUT2D eigenvalue weighted by molar-refractivity contribution is 0.968. The highest BCUT2D eigenvalue weighted by molar-refractivity contribution is 5.23. The first-order valence-corrected chi connectivity index (χ1v) is 4.75. The summed E-state index contributed by atoms with van der Waals surface area (Å²) in [5.41, 5.74) is 2.47. The van der Waals surface area contributed by atoms with E-state index in [4.69, 9.17) is 0 Å². The molecule has 0 saturated carbocycles. The zero-order valence-corrected chi connectivity index (χ0v) is 8.38. The minimum absolute atomic E-state index is 1.15. The zero-order valence-electron chi connectivity index (χ0n) is 8.38. The van der Waals surface area contributed by atoms with Crippen molar-refractivity contribution >= 4 is 0 Å². The van der Waals surface area contributed by atoms with Gasteiger partial charge in [0.15, 0.2) is 0 Å². The van der Waals surface area contributed by atoms with E-state index in [0.29, 0.717) is 0 Å². The van der Waals surface area contributed by atoms with E-state index in [2.05, 4.69) is 42.6 Å². The molecule has 1 aliphatic carbocycles. The predicted octanol–water partition coefficient (Wildman–Crippen LogP) is 3.29. The molecule has 1 aliphatic rings. The molecule has 1 nitrogen and oxygen atoms in total. The van der Waals surface area contributed by atoms with E-state index in [-0.39, 0.29) is 0 Å². The van der Waals surface area contributed by atoms with Gasteiger partial charge in [-0.15, -0.1) is 0 Å². The van der Waals surface area contributed by atoms with Gasteiger partial charge in [-0.2, -0.15) is 0 Å². The van der Waals surface area contributed by atoms with Crippen LogP contribution in [0.4, 0.5) is 0 Å². The molecule has 70 valence electrons. The van der Waals surface area contributed by atoms with Crippen molar-refractivity contribution in [3.63, 3.8) is 0 Å². The van der Waals surface area contributed by atoms with E-state index in [1.54, 1.807) is 0 Å². The van der Waals surface area contributed by atoms with Gasteiger partial charge in [0, 0.05) is 11.9 Å². The maximum absolute atomic E-state index is 3.24. The summed E-state index contributed by atoms with van der Waals surface area (Å²) in [5.74, 6) is 0. The van der Waals surface area contributed by atoms with Crippen LogP contribution in [-0.4, -0.2) is 0 Å². The Kier molecular flexibility index (Phi) is 4.10. The third-order valence-corrected chi connectivity index (χ3v) is 2.05. The van der Waals surface area contributed by atoms with E-state index in [0.717, 1.165) is 6.42 Å². The summed E-state index contributed by atoms with van der Waals surface area (Å²) in [6.07, 6.45) is 15.0. The summed E-state index contributed by atoms with van der Waals surface area (Å²) in [5, 5.41) is 3.24. The smallest absolute Gasteiger partial charge is 0.0336 e. The third kappa shape index (κ3) is 3.79. The number of hydrogen-bond acceptors (Lipinski definition) is 1. The molecule has 0 fully saturated rings. The molecule has 0 atom stereocenters. The van der Waals surface area contributed by atoms with Crippen LogP contribution in [0.5, 0.6) is 0 Å². The Balaban J connectivity index is 2.38. The number of nitrogens with one attached hydrogen (secondary N) is 1. The molecule has 0 amide bonds. The van der Waals surface area contributed by atoms with Crippen LogP contribution in [0.3, 0.4) is 0 Å². The molecule has 1 rings (SSSR count). The highest BCUT2D eigenvalue weighted by atomic mass is 14.8. The minimum atomic E-state index is 1.15. The van der Waals surface area contributed by atoms with Gasteiger partial charge in [-0.3, -0.25) is 0 Å². The van der Waals surface area contributed by atoms with Gasteiger partial charge in [-0.25, -0.2) is 0 Å². The van der Waals surface area contributed by atoms with Crippen molar-refractivity contribution in [3.8, 4) is 0 Å². The average molecular weight is 175 g/mol. The molecule has 0 aromatic heterocycles. The molecule has 13 heavy (non-hydrogen) atoms. The number of hydrogen-bond donors (Lipinski definition) is 1. The molecule has 0 unspecified atom stereocenters. The number of rotatable bonds is 3. The van der Waals surface area contributed by atoms with Gasteiger partial charge < -0.3 is 5.32 Å². The van der Waals surface area contributed by atoms with Crippen LogP contribution in [0.25, 0.3) is 0 Å². The first kappa shape index (κ1) is 9.85. The second kappa shape index (κ2) is 5.41. The molecule has 0 saturated heterocycles. The van der Waals surface area contributed by atoms with Crippen molar-refractivity contribution in [3.05, 3.63) is 47.9 Å². The van der Waals surface area contributed by atoms with Crippen molar-refractivity contribution in [2.45, 2.75) is 26.7 Å². The minimum Gasteiger partial charge on any atom is -0.362 e. The monoisotopic (exact) mass is 175 g/mol. The molecule has 1 heteroatoms. The largest absolute Gasteiger partial charge is 0.362 e. The van der Waals surface area contributed by atoms with Gasteiger partial charge >= 0.3 is 0 Å². The Morgan fingerprint density at radius 2 is 2.31 bits per heavy atom. The van der Waals surface area contributed by atoms with E-state index in [9.17, 15) is 0 Å². The van der Waals surface area contributed by atoms with Crippen LogP contribution in [0.15, 0.2) is 47.9 Å². The van der Waals surface area contributed by atoms with E-state index < -0.39 is 0 Å². The fourth-order valence-corrected chi connectivity index (χ4v) is 1.09. The first-order chi connectivity index (χ1) is 6.33. The molecule has 0 spiro atoms. The number of allylic oxidation sites excluding steroid dienone is 6. The summed E-state index contributed by atoms with van der Waals surface area (Å²) in [7, 11) is 0. The van der Waals surface area contributed by atoms with Gasteiger partial charge in [0.25, 0.3) is 0 Å². The molecule has 0 aliphatic heterocycles. The molecular formula is C12H17N. The van der Waals surface area contributed by atoms with Gasteiger partial charge in [-0.1, -0.05) is 23.8 Å². The van der Waals surface area contributed by atoms with Crippen molar-refractivity contribution in [1.82, 2.24) is 5.32 Å². The second-order valence-corrected chi connectivity index (χ2v) is 3.15. The third-order valence-electron chi connectivity index (χ3n) is 2.05. The van der Waals surface area contributed by atoms with Crippen molar-refractivity contribution in [2.75, 3.05) is 0 Å². The first-order valence-electron chi connectivity index (χ1n) is 4.75. The van der Waals surface area contributed by atoms with Crippen molar-refractivity contribution in [2.24, 2.45) is 0 Å². The van der Waals surface area contributed by atoms with Crippen LogP contribution in [0, 0.1) is 0 Å².